The highest BCUT2D eigenvalue weighted by atomic mass is 35.5. The van der Waals surface area contributed by atoms with Crippen molar-refractivity contribution in [2.75, 3.05) is 17.6 Å². The lowest BCUT2D eigenvalue weighted by Crippen LogP contribution is -2.19. The van der Waals surface area contributed by atoms with Crippen LogP contribution in [-0.4, -0.2) is 22.7 Å². The van der Waals surface area contributed by atoms with Crippen LogP contribution in [0.2, 0.25) is 5.15 Å². The Morgan fingerprint density at radius 3 is 3.00 bits per heavy atom. The lowest BCUT2D eigenvalue weighted by molar-refractivity contribution is 0.183. The number of halogens is 1. The second-order valence-electron chi connectivity index (χ2n) is 3.01. The van der Waals surface area contributed by atoms with Gasteiger partial charge in [-0.15, -0.1) is 0 Å². The third kappa shape index (κ3) is 3.05. The predicted octanol–water partition coefficient (Wildman–Crippen LogP) is 1.50. The van der Waals surface area contributed by atoms with Gasteiger partial charge in [0.05, 0.1) is 11.8 Å². The average molecular weight is 216 g/mol. The Kier molecular flexibility index (Phi) is 3.98. The molecule has 0 spiro atoms. The molecule has 1 rings (SSSR count). The summed E-state index contributed by atoms with van der Waals surface area (Å²) in [6.45, 7) is 2.33. The Hall–Kier alpha value is -1.00. The van der Waals surface area contributed by atoms with Gasteiger partial charge in [-0.2, -0.15) is 0 Å². The lowest BCUT2D eigenvalue weighted by Gasteiger charge is -2.11. The summed E-state index contributed by atoms with van der Waals surface area (Å²) in [5.74, 6) is 0.519. The van der Waals surface area contributed by atoms with Crippen molar-refractivity contribution in [2.24, 2.45) is 0 Å². The van der Waals surface area contributed by atoms with Gasteiger partial charge < -0.3 is 16.2 Å². The van der Waals surface area contributed by atoms with E-state index in [1.54, 1.807) is 12.1 Å². The topological polar surface area (TPSA) is 71.2 Å². The molecule has 14 heavy (non-hydrogen) atoms. The number of nitrogens with one attached hydrogen (secondary N) is 1. The largest absolute Gasteiger partial charge is 0.396 e. The average Bonchev–Trinajstić information content (AvgIpc) is 2.19. The van der Waals surface area contributed by atoms with Crippen molar-refractivity contribution in [3.8, 4) is 0 Å². The van der Waals surface area contributed by atoms with E-state index < -0.39 is 6.10 Å². The van der Waals surface area contributed by atoms with E-state index in [0.29, 0.717) is 29.6 Å². The van der Waals surface area contributed by atoms with Gasteiger partial charge in [0, 0.05) is 6.54 Å². The molecule has 1 heterocycles. The minimum atomic E-state index is -0.393. The molecule has 0 saturated heterocycles. The molecule has 0 amide bonds. The van der Waals surface area contributed by atoms with Crippen LogP contribution >= 0.6 is 11.6 Å². The fourth-order valence-corrected chi connectivity index (χ4v) is 1.09. The van der Waals surface area contributed by atoms with Crippen LogP contribution in [0.15, 0.2) is 12.1 Å². The quantitative estimate of drug-likeness (QED) is 0.666. The van der Waals surface area contributed by atoms with Crippen molar-refractivity contribution in [3.05, 3.63) is 17.3 Å². The first-order valence-corrected chi connectivity index (χ1v) is 4.85. The second kappa shape index (κ2) is 5.02. The van der Waals surface area contributed by atoms with E-state index in [0.717, 1.165) is 0 Å². The minimum absolute atomic E-state index is 0.382. The summed E-state index contributed by atoms with van der Waals surface area (Å²) in [5, 5.41) is 12.6. The third-order valence-electron chi connectivity index (χ3n) is 1.87. The maximum absolute atomic E-state index is 9.32. The van der Waals surface area contributed by atoms with Gasteiger partial charge in [-0.05, 0) is 18.6 Å². The number of nitrogens with two attached hydrogens (primary N) is 1. The molecule has 5 heteroatoms. The maximum Gasteiger partial charge on any atom is 0.151 e. The number of pyridine rings is 1. The Morgan fingerprint density at radius 2 is 2.36 bits per heavy atom. The van der Waals surface area contributed by atoms with E-state index in [1.807, 2.05) is 6.92 Å². The summed E-state index contributed by atoms with van der Waals surface area (Å²) < 4.78 is 0. The van der Waals surface area contributed by atoms with E-state index in [9.17, 15) is 5.11 Å². The summed E-state index contributed by atoms with van der Waals surface area (Å²) in [6.07, 6.45) is 0.295. The number of nitrogen functional groups attached to an aromatic ring is 1. The maximum atomic E-state index is 9.32. The molecule has 0 bridgehead atoms. The van der Waals surface area contributed by atoms with Crippen LogP contribution in [0.3, 0.4) is 0 Å². The first-order chi connectivity index (χ1) is 6.63. The molecule has 0 aromatic carbocycles. The Balaban J connectivity index is 2.62. The van der Waals surface area contributed by atoms with E-state index in [-0.39, 0.29) is 0 Å². The fourth-order valence-electron chi connectivity index (χ4n) is 0.947. The van der Waals surface area contributed by atoms with E-state index in [2.05, 4.69) is 10.3 Å². The SMILES string of the molecule is CCC(O)CNc1nc(Cl)ccc1N. The Morgan fingerprint density at radius 1 is 1.64 bits per heavy atom. The number of aromatic nitrogens is 1. The molecule has 0 fully saturated rings. The smallest absolute Gasteiger partial charge is 0.151 e. The lowest BCUT2D eigenvalue weighted by atomic mass is 10.3. The minimum Gasteiger partial charge on any atom is -0.396 e. The van der Waals surface area contributed by atoms with Gasteiger partial charge in [-0.3, -0.25) is 0 Å². The van der Waals surface area contributed by atoms with E-state index in [1.165, 1.54) is 0 Å². The van der Waals surface area contributed by atoms with Crippen LogP contribution in [0.1, 0.15) is 13.3 Å². The van der Waals surface area contributed by atoms with Gasteiger partial charge in [-0.1, -0.05) is 18.5 Å². The number of nitrogens with zero attached hydrogens (tertiary/aromatic N) is 1. The summed E-state index contributed by atoms with van der Waals surface area (Å²) in [5.41, 5.74) is 6.18. The zero-order valence-corrected chi connectivity index (χ0v) is 8.75. The Labute approximate surface area is 88.1 Å². The van der Waals surface area contributed by atoms with Crippen LogP contribution in [0, 0.1) is 0 Å². The van der Waals surface area contributed by atoms with Gasteiger partial charge in [0.1, 0.15) is 5.15 Å². The van der Waals surface area contributed by atoms with E-state index >= 15 is 0 Å². The predicted molar refractivity (Wildman–Crippen MR) is 58.4 cm³/mol. The molecule has 4 nitrogen and oxygen atoms in total. The summed E-state index contributed by atoms with van der Waals surface area (Å²) in [7, 11) is 0. The normalized spacial score (nSPS) is 12.5. The molecule has 1 aromatic heterocycles. The third-order valence-corrected chi connectivity index (χ3v) is 2.08. The summed E-state index contributed by atoms with van der Waals surface area (Å²) in [6, 6.07) is 3.30. The van der Waals surface area contributed by atoms with Crippen molar-refractivity contribution >= 4 is 23.1 Å². The molecule has 0 radical (unpaired) electrons. The van der Waals surface area contributed by atoms with Crippen molar-refractivity contribution in [2.45, 2.75) is 19.4 Å². The zero-order valence-electron chi connectivity index (χ0n) is 8.00. The van der Waals surface area contributed by atoms with Crippen LogP contribution in [-0.2, 0) is 0 Å². The van der Waals surface area contributed by atoms with Crippen LogP contribution < -0.4 is 11.1 Å². The van der Waals surface area contributed by atoms with E-state index in [4.69, 9.17) is 17.3 Å². The van der Waals surface area contributed by atoms with Crippen molar-refractivity contribution < 1.29 is 5.11 Å². The molecule has 0 saturated carbocycles. The molecule has 0 aliphatic rings. The zero-order chi connectivity index (χ0) is 10.6. The standard InChI is InChI=1S/C9H14ClN3O/c1-2-6(14)5-12-9-7(11)3-4-8(10)13-9/h3-4,6,14H,2,5,11H2,1H3,(H,12,13). The highest BCUT2D eigenvalue weighted by Crippen LogP contribution is 2.18. The molecular formula is C9H14ClN3O. The molecule has 1 atom stereocenters. The van der Waals surface area contributed by atoms with Crippen LogP contribution in [0.25, 0.3) is 0 Å². The number of aliphatic hydroxyl groups excluding tert-OH is 1. The molecule has 0 aliphatic carbocycles. The molecular weight excluding hydrogens is 202 g/mol. The van der Waals surface area contributed by atoms with Gasteiger partial charge >= 0.3 is 0 Å². The molecule has 1 unspecified atom stereocenters. The number of hydrogen-bond acceptors (Lipinski definition) is 4. The van der Waals surface area contributed by atoms with Crippen molar-refractivity contribution in [3.63, 3.8) is 0 Å². The molecule has 4 N–H and O–H groups in total. The number of aliphatic hydroxyl groups is 1. The second-order valence-corrected chi connectivity index (χ2v) is 3.40. The molecule has 1 aromatic rings. The highest BCUT2D eigenvalue weighted by molar-refractivity contribution is 6.29. The van der Waals surface area contributed by atoms with Crippen molar-refractivity contribution in [1.82, 2.24) is 4.98 Å². The number of anilines is 2. The number of rotatable bonds is 4. The number of hydrogen-bond donors (Lipinski definition) is 3. The van der Waals surface area contributed by atoms with Gasteiger partial charge in [-0.25, -0.2) is 4.98 Å². The van der Waals surface area contributed by atoms with Crippen LogP contribution in [0.4, 0.5) is 11.5 Å². The van der Waals surface area contributed by atoms with Gasteiger partial charge in [0.15, 0.2) is 5.82 Å². The first-order valence-electron chi connectivity index (χ1n) is 4.47. The molecule has 0 aliphatic heterocycles. The monoisotopic (exact) mass is 215 g/mol. The molecule has 78 valence electrons. The first kappa shape index (κ1) is 11.1. The van der Waals surface area contributed by atoms with Crippen molar-refractivity contribution in [1.29, 1.82) is 0 Å². The summed E-state index contributed by atoms with van der Waals surface area (Å²) in [4.78, 5) is 4.00. The highest BCUT2D eigenvalue weighted by Gasteiger charge is 2.04. The fraction of sp³-hybridized carbons (Fsp3) is 0.444. The van der Waals surface area contributed by atoms with Crippen LogP contribution in [0.5, 0.6) is 0 Å². The van der Waals surface area contributed by atoms with Gasteiger partial charge in [0.25, 0.3) is 0 Å². The van der Waals surface area contributed by atoms with Gasteiger partial charge in [0.2, 0.25) is 0 Å². The Bertz CT molecular complexity index is 306. The summed E-state index contributed by atoms with van der Waals surface area (Å²) >= 11 is 5.70.